The molecule has 0 saturated heterocycles. The molecule has 0 saturated carbocycles. The standard InChI is InChI=1S/C6H10N2O4/c9-2-4(11)6(12)5-3(10)1-7-8-5/h1,4,6,9-12H,2H2,(H,7,8)/t4-,6+/m1/s1. The van der Waals surface area contributed by atoms with Crippen LogP contribution >= 0.6 is 0 Å². The zero-order chi connectivity index (χ0) is 9.14. The van der Waals surface area contributed by atoms with E-state index in [1.165, 1.54) is 0 Å². The summed E-state index contributed by atoms with van der Waals surface area (Å²) in [6.45, 7) is -0.584. The second-order valence-corrected chi connectivity index (χ2v) is 2.36. The molecule has 1 rings (SSSR count). The summed E-state index contributed by atoms with van der Waals surface area (Å²) in [7, 11) is 0. The number of aromatic nitrogens is 2. The summed E-state index contributed by atoms with van der Waals surface area (Å²) in [4.78, 5) is 0. The third-order valence-electron chi connectivity index (χ3n) is 1.50. The first-order valence-electron chi connectivity index (χ1n) is 3.36. The lowest BCUT2D eigenvalue weighted by molar-refractivity contribution is -0.0182. The largest absolute Gasteiger partial charge is 0.504 e. The van der Waals surface area contributed by atoms with Crippen LogP contribution < -0.4 is 0 Å². The van der Waals surface area contributed by atoms with Gasteiger partial charge in [0.1, 0.15) is 17.9 Å². The number of nitrogens with one attached hydrogen (secondary N) is 1. The van der Waals surface area contributed by atoms with Gasteiger partial charge in [0, 0.05) is 0 Å². The molecule has 1 heterocycles. The van der Waals surface area contributed by atoms with Crippen LogP contribution in [-0.2, 0) is 0 Å². The summed E-state index contributed by atoms with van der Waals surface area (Å²) in [6.07, 6.45) is -1.57. The number of hydrogen-bond acceptors (Lipinski definition) is 5. The van der Waals surface area contributed by atoms with Gasteiger partial charge in [-0.1, -0.05) is 0 Å². The minimum atomic E-state index is -1.35. The van der Waals surface area contributed by atoms with Gasteiger partial charge in [0.2, 0.25) is 0 Å². The molecule has 1 aromatic heterocycles. The molecular formula is C6H10N2O4. The average molecular weight is 174 g/mol. The Labute approximate surface area is 68.1 Å². The van der Waals surface area contributed by atoms with Crippen LogP contribution in [-0.4, -0.2) is 43.3 Å². The maximum atomic E-state index is 9.22. The van der Waals surface area contributed by atoms with Crippen molar-refractivity contribution in [3.05, 3.63) is 11.9 Å². The van der Waals surface area contributed by atoms with Gasteiger partial charge >= 0.3 is 0 Å². The molecule has 0 aliphatic carbocycles. The van der Waals surface area contributed by atoms with Crippen molar-refractivity contribution in [1.29, 1.82) is 0 Å². The van der Waals surface area contributed by atoms with Crippen molar-refractivity contribution in [1.82, 2.24) is 10.2 Å². The molecule has 0 aliphatic rings. The van der Waals surface area contributed by atoms with Crippen LogP contribution in [0.1, 0.15) is 11.8 Å². The van der Waals surface area contributed by atoms with Gasteiger partial charge in [0.05, 0.1) is 12.8 Å². The van der Waals surface area contributed by atoms with Crippen molar-refractivity contribution in [2.24, 2.45) is 0 Å². The fourth-order valence-electron chi connectivity index (χ4n) is 0.800. The molecule has 0 aromatic carbocycles. The highest BCUT2D eigenvalue weighted by atomic mass is 16.4. The molecule has 5 N–H and O–H groups in total. The minimum absolute atomic E-state index is 0.00319. The van der Waals surface area contributed by atoms with E-state index in [-0.39, 0.29) is 11.4 Å². The second-order valence-electron chi connectivity index (χ2n) is 2.36. The van der Waals surface area contributed by atoms with E-state index in [0.717, 1.165) is 6.20 Å². The van der Waals surface area contributed by atoms with Gasteiger partial charge in [0.15, 0.2) is 5.75 Å². The Bertz CT molecular complexity index is 249. The van der Waals surface area contributed by atoms with E-state index in [1.807, 2.05) is 0 Å². The highest BCUT2D eigenvalue weighted by Gasteiger charge is 2.21. The molecule has 6 nitrogen and oxygen atoms in total. The van der Waals surface area contributed by atoms with E-state index in [1.54, 1.807) is 0 Å². The zero-order valence-corrected chi connectivity index (χ0v) is 6.18. The van der Waals surface area contributed by atoms with Gasteiger partial charge in [0.25, 0.3) is 0 Å². The maximum absolute atomic E-state index is 9.22. The Morgan fingerprint density at radius 2 is 2.17 bits per heavy atom. The number of aliphatic hydroxyl groups is 3. The Balaban J connectivity index is 2.77. The van der Waals surface area contributed by atoms with Gasteiger partial charge in [-0.3, -0.25) is 5.10 Å². The Kier molecular flexibility index (Phi) is 2.64. The van der Waals surface area contributed by atoms with Crippen molar-refractivity contribution in [3.8, 4) is 5.75 Å². The third kappa shape index (κ3) is 1.55. The fourth-order valence-corrected chi connectivity index (χ4v) is 0.800. The van der Waals surface area contributed by atoms with Crippen LogP contribution in [0.5, 0.6) is 5.75 Å². The normalized spacial score (nSPS) is 15.9. The van der Waals surface area contributed by atoms with Crippen LogP contribution in [0.4, 0.5) is 0 Å². The summed E-state index contributed by atoms with van der Waals surface area (Å²) in [5.74, 6) is -0.241. The van der Waals surface area contributed by atoms with Crippen molar-refractivity contribution >= 4 is 0 Å². The Hall–Kier alpha value is -1.11. The summed E-state index contributed by atoms with van der Waals surface area (Å²) in [6, 6.07) is 0. The van der Waals surface area contributed by atoms with Gasteiger partial charge in [-0.25, -0.2) is 0 Å². The lowest BCUT2D eigenvalue weighted by atomic mass is 10.1. The second kappa shape index (κ2) is 3.53. The number of aromatic hydroxyl groups is 1. The predicted molar refractivity (Wildman–Crippen MR) is 38.3 cm³/mol. The summed E-state index contributed by atoms with van der Waals surface area (Å²) in [5, 5.41) is 41.4. The first-order chi connectivity index (χ1) is 5.66. The first-order valence-corrected chi connectivity index (χ1v) is 3.36. The summed E-state index contributed by atoms with van der Waals surface area (Å²) < 4.78 is 0. The molecule has 0 radical (unpaired) electrons. The van der Waals surface area contributed by atoms with Crippen molar-refractivity contribution in [2.45, 2.75) is 12.2 Å². The van der Waals surface area contributed by atoms with E-state index >= 15 is 0 Å². The summed E-state index contributed by atoms with van der Waals surface area (Å²) >= 11 is 0. The predicted octanol–water partition coefficient (Wildman–Crippen LogP) is -1.50. The van der Waals surface area contributed by atoms with Crippen molar-refractivity contribution in [2.75, 3.05) is 6.61 Å². The molecular weight excluding hydrogens is 164 g/mol. The van der Waals surface area contributed by atoms with E-state index in [0.29, 0.717) is 0 Å². The van der Waals surface area contributed by atoms with Crippen LogP contribution in [0.2, 0.25) is 0 Å². The number of nitrogens with zero attached hydrogens (tertiary/aromatic N) is 1. The van der Waals surface area contributed by atoms with Crippen molar-refractivity contribution in [3.63, 3.8) is 0 Å². The molecule has 0 spiro atoms. The van der Waals surface area contributed by atoms with E-state index in [2.05, 4.69) is 10.2 Å². The van der Waals surface area contributed by atoms with Gasteiger partial charge in [-0.05, 0) is 0 Å². The quantitative estimate of drug-likeness (QED) is 0.383. The smallest absolute Gasteiger partial charge is 0.159 e. The molecule has 0 fully saturated rings. The SMILES string of the molecule is OC[C@@H](O)[C@H](O)c1[nH]ncc1O. The molecule has 68 valence electrons. The molecule has 0 unspecified atom stereocenters. The fraction of sp³-hybridized carbons (Fsp3) is 0.500. The zero-order valence-electron chi connectivity index (χ0n) is 6.18. The Morgan fingerprint density at radius 3 is 2.58 bits per heavy atom. The third-order valence-corrected chi connectivity index (χ3v) is 1.50. The minimum Gasteiger partial charge on any atom is -0.504 e. The topological polar surface area (TPSA) is 110 Å². The molecule has 12 heavy (non-hydrogen) atoms. The lowest BCUT2D eigenvalue weighted by Gasteiger charge is -2.13. The van der Waals surface area contributed by atoms with Crippen LogP contribution in [0.3, 0.4) is 0 Å². The number of hydrogen-bond donors (Lipinski definition) is 5. The molecule has 0 amide bonds. The molecule has 2 atom stereocenters. The van der Waals surface area contributed by atoms with E-state index in [9.17, 15) is 5.11 Å². The van der Waals surface area contributed by atoms with Crippen LogP contribution in [0, 0.1) is 0 Å². The summed E-state index contributed by atoms with van der Waals surface area (Å²) in [5.41, 5.74) is -0.00319. The Morgan fingerprint density at radius 1 is 1.50 bits per heavy atom. The molecule has 0 bridgehead atoms. The number of rotatable bonds is 3. The first kappa shape index (κ1) is 8.98. The average Bonchev–Trinajstić information content (AvgIpc) is 2.48. The molecule has 0 aliphatic heterocycles. The van der Waals surface area contributed by atoms with Gasteiger partial charge < -0.3 is 20.4 Å². The lowest BCUT2D eigenvalue weighted by Crippen LogP contribution is -2.22. The van der Waals surface area contributed by atoms with Gasteiger partial charge in [-0.15, -0.1) is 0 Å². The van der Waals surface area contributed by atoms with E-state index in [4.69, 9.17) is 15.3 Å². The highest BCUT2D eigenvalue weighted by molar-refractivity contribution is 5.24. The number of aromatic amines is 1. The maximum Gasteiger partial charge on any atom is 0.159 e. The van der Waals surface area contributed by atoms with Crippen LogP contribution in [0.25, 0.3) is 0 Å². The van der Waals surface area contributed by atoms with Crippen LogP contribution in [0.15, 0.2) is 6.20 Å². The highest BCUT2D eigenvalue weighted by Crippen LogP contribution is 2.22. The van der Waals surface area contributed by atoms with Gasteiger partial charge in [-0.2, -0.15) is 5.10 Å². The van der Waals surface area contributed by atoms with E-state index < -0.39 is 18.8 Å². The monoisotopic (exact) mass is 174 g/mol. The number of H-pyrrole nitrogens is 1. The molecule has 6 heteroatoms. The number of aliphatic hydroxyl groups excluding tert-OH is 3. The van der Waals surface area contributed by atoms with Crippen molar-refractivity contribution < 1.29 is 20.4 Å². The molecule has 1 aromatic rings.